The highest BCUT2D eigenvalue weighted by molar-refractivity contribution is 9.10. The van der Waals surface area contributed by atoms with Gasteiger partial charge in [0.1, 0.15) is 0 Å². The summed E-state index contributed by atoms with van der Waals surface area (Å²) in [5.41, 5.74) is 1.89. The van der Waals surface area contributed by atoms with Crippen LogP contribution in [-0.2, 0) is 17.8 Å². The van der Waals surface area contributed by atoms with Gasteiger partial charge in [0.05, 0.1) is 5.75 Å². The fraction of sp³-hybridized carbons (Fsp3) is 0.130. The topological polar surface area (TPSA) is 72.7 Å². The zero-order valence-corrected chi connectivity index (χ0v) is 22.4. The Bertz CT molecular complexity index is 1320. The Kier molecular flexibility index (Phi) is 8.44. The number of thioether (sulfide) groups is 1. The molecular weight excluding hydrogens is 577 g/mol. The fourth-order valence-electron chi connectivity index (χ4n) is 3.09. The van der Waals surface area contributed by atoms with Crippen molar-refractivity contribution in [2.24, 2.45) is 0 Å². The molecule has 0 unspecified atom stereocenters. The number of rotatable bonds is 9. The molecule has 1 amide bonds. The third-order valence-electron chi connectivity index (χ3n) is 4.64. The summed E-state index contributed by atoms with van der Waals surface area (Å²) in [6, 6.07) is 13.2. The van der Waals surface area contributed by atoms with Crippen LogP contribution in [0.1, 0.15) is 10.4 Å². The fourth-order valence-corrected chi connectivity index (χ4v) is 5.43. The van der Waals surface area contributed by atoms with Crippen molar-refractivity contribution < 1.29 is 4.79 Å². The van der Waals surface area contributed by atoms with E-state index in [9.17, 15) is 4.79 Å². The molecular formula is C23H18BrCl2N5OS2. The number of carbonyl (C=O) groups is 1. The number of halogens is 3. The number of nitrogens with zero attached hydrogens (tertiary/aromatic N) is 4. The van der Waals surface area contributed by atoms with E-state index in [2.05, 4.69) is 43.0 Å². The number of nitrogens with one attached hydrogen (secondary N) is 1. The molecule has 0 atom stereocenters. The van der Waals surface area contributed by atoms with Crippen molar-refractivity contribution in [3.8, 4) is 11.4 Å². The maximum atomic E-state index is 12.5. The van der Waals surface area contributed by atoms with Crippen LogP contribution >= 0.6 is 62.2 Å². The van der Waals surface area contributed by atoms with Gasteiger partial charge in [-0.05, 0) is 29.8 Å². The second-order valence-corrected chi connectivity index (χ2v) is 10.9. The Hall–Kier alpha value is -2.17. The van der Waals surface area contributed by atoms with Crippen LogP contribution < -0.4 is 5.32 Å². The molecule has 6 nitrogen and oxygen atoms in total. The predicted octanol–water partition coefficient (Wildman–Crippen LogP) is 6.98. The van der Waals surface area contributed by atoms with Crippen LogP contribution in [0.3, 0.4) is 0 Å². The van der Waals surface area contributed by atoms with Crippen molar-refractivity contribution in [3.63, 3.8) is 0 Å². The molecule has 11 heteroatoms. The molecule has 1 N–H and O–H groups in total. The summed E-state index contributed by atoms with van der Waals surface area (Å²) in [7, 11) is 0. The average Bonchev–Trinajstić information content (AvgIpc) is 3.42. The van der Waals surface area contributed by atoms with Gasteiger partial charge in [-0.2, -0.15) is 0 Å². The van der Waals surface area contributed by atoms with Crippen LogP contribution in [0.2, 0.25) is 10.0 Å². The zero-order valence-electron chi connectivity index (χ0n) is 17.7. The van der Waals surface area contributed by atoms with Gasteiger partial charge in [-0.3, -0.25) is 9.36 Å². The monoisotopic (exact) mass is 593 g/mol. The van der Waals surface area contributed by atoms with Crippen LogP contribution in [-0.4, -0.2) is 31.4 Å². The van der Waals surface area contributed by atoms with Crippen LogP contribution in [0.5, 0.6) is 0 Å². The van der Waals surface area contributed by atoms with Crippen molar-refractivity contribution in [2.45, 2.75) is 18.1 Å². The van der Waals surface area contributed by atoms with Gasteiger partial charge in [0.2, 0.25) is 5.91 Å². The van der Waals surface area contributed by atoms with E-state index in [0.29, 0.717) is 33.3 Å². The Balaban J connectivity index is 1.38. The van der Waals surface area contributed by atoms with E-state index in [1.807, 2.05) is 34.9 Å². The van der Waals surface area contributed by atoms with Gasteiger partial charge in [0, 0.05) is 44.1 Å². The number of allylic oxidation sites excluding steroid dienone is 1. The molecule has 0 saturated carbocycles. The molecule has 0 fully saturated rings. The first-order valence-electron chi connectivity index (χ1n) is 10.0. The Morgan fingerprint density at radius 3 is 2.74 bits per heavy atom. The third kappa shape index (κ3) is 6.28. The maximum absolute atomic E-state index is 12.5. The number of thiazole rings is 1. The summed E-state index contributed by atoms with van der Waals surface area (Å²) in [6.07, 6.45) is 4.13. The first-order valence-corrected chi connectivity index (χ1v) is 13.4. The number of carbonyl (C=O) groups excluding carboxylic acids is 1. The molecule has 0 aliphatic carbocycles. The number of hydrogen-bond donors (Lipinski definition) is 1. The summed E-state index contributed by atoms with van der Waals surface area (Å²) in [4.78, 5) is 17.8. The highest BCUT2D eigenvalue weighted by Crippen LogP contribution is 2.28. The van der Waals surface area contributed by atoms with Crippen LogP contribution in [0.25, 0.3) is 11.4 Å². The number of benzene rings is 2. The lowest BCUT2D eigenvalue weighted by atomic mass is 10.1. The lowest BCUT2D eigenvalue weighted by molar-refractivity contribution is -0.113. The lowest BCUT2D eigenvalue weighted by Gasteiger charge is -2.08. The van der Waals surface area contributed by atoms with Crippen LogP contribution in [0, 0.1) is 0 Å². The normalized spacial score (nSPS) is 10.9. The quantitative estimate of drug-likeness (QED) is 0.167. The summed E-state index contributed by atoms with van der Waals surface area (Å²) < 4.78 is 2.92. The van der Waals surface area contributed by atoms with Gasteiger partial charge in [0.15, 0.2) is 16.1 Å². The van der Waals surface area contributed by atoms with E-state index in [-0.39, 0.29) is 11.7 Å². The van der Waals surface area contributed by atoms with E-state index in [1.165, 1.54) is 23.1 Å². The molecule has 2 aromatic carbocycles. The van der Waals surface area contributed by atoms with E-state index >= 15 is 0 Å². The van der Waals surface area contributed by atoms with Crippen molar-refractivity contribution in [1.29, 1.82) is 0 Å². The van der Waals surface area contributed by atoms with Gasteiger partial charge < -0.3 is 5.32 Å². The summed E-state index contributed by atoms with van der Waals surface area (Å²) in [6.45, 7) is 4.36. The van der Waals surface area contributed by atoms with Crippen molar-refractivity contribution in [1.82, 2.24) is 19.7 Å². The zero-order chi connectivity index (χ0) is 24.1. The van der Waals surface area contributed by atoms with E-state index in [0.717, 1.165) is 26.3 Å². The molecule has 174 valence electrons. The summed E-state index contributed by atoms with van der Waals surface area (Å²) in [5, 5.41) is 13.8. The van der Waals surface area contributed by atoms with Gasteiger partial charge >= 0.3 is 0 Å². The van der Waals surface area contributed by atoms with E-state index in [4.69, 9.17) is 23.2 Å². The Morgan fingerprint density at radius 1 is 1.21 bits per heavy atom. The Morgan fingerprint density at radius 2 is 2.00 bits per heavy atom. The number of hydrogen-bond acceptors (Lipinski definition) is 6. The highest BCUT2D eigenvalue weighted by atomic mass is 79.9. The third-order valence-corrected chi connectivity index (χ3v) is 7.64. The molecule has 2 aromatic heterocycles. The molecule has 0 aliphatic heterocycles. The Labute approximate surface area is 223 Å². The molecule has 0 saturated heterocycles. The SMILES string of the molecule is C=CCn1c(SCC(=O)Nc2ncc(Cc3ccc(Cl)cc3Cl)s2)nnc1-c1ccc(Br)cc1. The standard InChI is InChI=1S/C23H18BrCl2N5OS2/c1-2-9-31-21(14-3-6-16(24)7-4-14)29-30-23(31)33-13-20(32)28-22-27-12-18(34-22)10-15-5-8-17(25)11-19(15)26/h2-8,11-12H,1,9-10,13H2,(H,27,28,32). The lowest BCUT2D eigenvalue weighted by Crippen LogP contribution is -2.14. The van der Waals surface area contributed by atoms with Gasteiger partial charge in [-0.25, -0.2) is 4.98 Å². The van der Waals surface area contributed by atoms with E-state index < -0.39 is 0 Å². The minimum absolute atomic E-state index is 0.172. The molecule has 4 aromatic rings. The molecule has 4 rings (SSSR count). The molecule has 2 heterocycles. The van der Waals surface area contributed by atoms with Crippen molar-refractivity contribution >= 4 is 73.3 Å². The first-order chi connectivity index (χ1) is 16.4. The highest BCUT2D eigenvalue weighted by Gasteiger charge is 2.16. The molecule has 0 bridgehead atoms. The van der Waals surface area contributed by atoms with Gasteiger partial charge in [0.25, 0.3) is 0 Å². The summed E-state index contributed by atoms with van der Waals surface area (Å²) >= 11 is 18.4. The minimum Gasteiger partial charge on any atom is -0.301 e. The van der Waals surface area contributed by atoms with Crippen LogP contribution in [0.4, 0.5) is 5.13 Å². The molecule has 0 radical (unpaired) electrons. The van der Waals surface area contributed by atoms with E-state index in [1.54, 1.807) is 24.4 Å². The molecule has 0 spiro atoms. The predicted molar refractivity (Wildman–Crippen MR) is 144 cm³/mol. The second-order valence-electron chi connectivity index (χ2n) is 7.09. The first kappa shape index (κ1) is 24.9. The number of aromatic nitrogens is 4. The second kappa shape index (κ2) is 11.5. The van der Waals surface area contributed by atoms with Gasteiger partial charge in [-0.15, -0.1) is 28.1 Å². The largest absolute Gasteiger partial charge is 0.301 e. The summed E-state index contributed by atoms with van der Waals surface area (Å²) in [5.74, 6) is 0.725. The number of anilines is 1. The van der Waals surface area contributed by atoms with Crippen LogP contribution in [0.15, 0.2) is 70.9 Å². The smallest absolute Gasteiger partial charge is 0.236 e. The molecule has 0 aliphatic rings. The minimum atomic E-state index is -0.172. The maximum Gasteiger partial charge on any atom is 0.236 e. The van der Waals surface area contributed by atoms with Gasteiger partial charge in [-0.1, -0.05) is 75.2 Å². The molecule has 34 heavy (non-hydrogen) atoms. The number of amides is 1. The average molecular weight is 595 g/mol. The van der Waals surface area contributed by atoms with Crippen molar-refractivity contribution in [3.05, 3.63) is 86.3 Å². The van der Waals surface area contributed by atoms with Crippen molar-refractivity contribution in [2.75, 3.05) is 11.1 Å².